The molecule has 208 valence electrons. The van der Waals surface area contributed by atoms with Crippen LogP contribution in [0.15, 0.2) is 51.5 Å². The SMILES string of the molecule is CCC#C/C=N\N(C)c1cc(OC)ccc1C(=O)N(CC)[C@@H](C)CO/C=C(\P)C/C=C(\C=NC)C(F)(F)P. The number of likely N-dealkylation sites (N-methyl/N-ethyl adjacent to an activating group) is 1. The Hall–Kier alpha value is -2.81. The number of alkyl halides is 2. The molecule has 0 radical (unpaired) electrons. The van der Waals surface area contributed by atoms with Gasteiger partial charge in [0.25, 0.3) is 11.6 Å². The number of hydrazone groups is 1. The predicted molar refractivity (Wildman–Crippen MR) is 160 cm³/mol. The van der Waals surface area contributed by atoms with Crippen LogP contribution in [0.5, 0.6) is 5.75 Å². The van der Waals surface area contributed by atoms with E-state index in [1.165, 1.54) is 34.8 Å². The highest BCUT2D eigenvalue weighted by Gasteiger charge is 2.26. The second-order valence-corrected chi connectivity index (χ2v) is 9.63. The summed E-state index contributed by atoms with van der Waals surface area (Å²) in [6, 6.07) is 4.92. The van der Waals surface area contributed by atoms with Crippen molar-refractivity contribution in [2.24, 2.45) is 10.1 Å². The van der Waals surface area contributed by atoms with Crippen molar-refractivity contribution in [1.29, 1.82) is 0 Å². The normalized spacial score (nSPS) is 13.3. The number of carbonyl (C=O) groups is 1. The molecule has 3 atom stereocenters. The molecule has 0 bridgehead atoms. The van der Waals surface area contributed by atoms with Gasteiger partial charge in [-0.3, -0.25) is 14.8 Å². The smallest absolute Gasteiger partial charge is 0.285 e. The molecule has 1 aromatic rings. The number of hydrogen-bond acceptors (Lipinski definition) is 6. The second-order valence-electron chi connectivity index (χ2n) is 8.17. The minimum atomic E-state index is -3.07. The largest absolute Gasteiger partial charge is 0.499 e. The molecule has 1 aromatic carbocycles. The van der Waals surface area contributed by atoms with Crippen LogP contribution >= 0.6 is 18.5 Å². The van der Waals surface area contributed by atoms with Crippen LogP contribution in [-0.2, 0) is 4.74 Å². The van der Waals surface area contributed by atoms with Gasteiger partial charge in [-0.2, -0.15) is 13.9 Å². The van der Waals surface area contributed by atoms with Gasteiger partial charge >= 0.3 is 0 Å². The summed E-state index contributed by atoms with van der Waals surface area (Å²) in [5.41, 5.74) is -2.23. The number of carbonyl (C=O) groups excluding carboxylic acids is 1. The van der Waals surface area contributed by atoms with E-state index in [-0.39, 0.29) is 30.5 Å². The minimum absolute atomic E-state index is 0.188. The molecule has 0 fully saturated rings. The number of aliphatic imine (C=N–C) groups is 1. The summed E-state index contributed by atoms with van der Waals surface area (Å²) < 4.78 is 38.3. The first-order chi connectivity index (χ1) is 18.0. The molecular formula is C27H38F2N4O3P2. The van der Waals surface area contributed by atoms with Crippen LogP contribution in [0.25, 0.3) is 0 Å². The highest BCUT2D eigenvalue weighted by Crippen LogP contribution is 2.31. The van der Waals surface area contributed by atoms with E-state index in [1.807, 2.05) is 20.8 Å². The lowest BCUT2D eigenvalue weighted by molar-refractivity contribution is 0.0617. The number of nitrogens with zero attached hydrogens (tertiary/aromatic N) is 4. The highest BCUT2D eigenvalue weighted by atomic mass is 31.0. The Labute approximate surface area is 229 Å². The quantitative estimate of drug-likeness (QED) is 0.103. The summed E-state index contributed by atoms with van der Waals surface area (Å²) in [7, 11) is 8.72. The van der Waals surface area contributed by atoms with Gasteiger partial charge < -0.3 is 14.4 Å². The Morgan fingerprint density at radius 3 is 2.61 bits per heavy atom. The molecule has 1 rings (SSSR count). The van der Waals surface area contributed by atoms with Gasteiger partial charge in [0.15, 0.2) is 0 Å². The third-order valence-corrected chi connectivity index (χ3v) is 5.98. The molecule has 0 heterocycles. The summed E-state index contributed by atoms with van der Waals surface area (Å²) in [6.45, 7) is 6.39. The molecule has 0 aromatic heterocycles. The maximum Gasteiger partial charge on any atom is 0.285 e. The lowest BCUT2D eigenvalue weighted by atomic mass is 10.1. The van der Waals surface area contributed by atoms with Crippen molar-refractivity contribution in [2.75, 3.05) is 39.4 Å². The minimum Gasteiger partial charge on any atom is -0.499 e. The summed E-state index contributed by atoms with van der Waals surface area (Å²) >= 11 is 0. The Balaban J connectivity index is 3.02. The van der Waals surface area contributed by atoms with Crippen molar-refractivity contribution in [2.45, 2.75) is 45.3 Å². The van der Waals surface area contributed by atoms with Gasteiger partial charge in [-0.1, -0.05) is 34.1 Å². The maximum atomic E-state index is 13.6. The number of benzene rings is 1. The Morgan fingerprint density at radius 1 is 1.32 bits per heavy atom. The van der Waals surface area contributed by atoms with Gasteiger partial charge in [0, 0.05) is 44.9 Å². The number of ether oxygens (including phenoxy) is 2. The second kappa shape index (κ2) is 16.9. The van der Waals surface area contributed by atoms with E-state index in [4.69, 9.17) is 9.47 Å². The van der Waals surface area contributed by atoms with E-state index >= 15 is 0 Å². The topological polar surface area (TPSA) is 66.7 Å². The fourth-order valence-corrected chi connectivity index (χ4v) is 3.70. The van der Waals surface area contributed by atoms with Crippen LogP contribution in [-0.4, -0.2) is 69.3 Å². The lowest BCUT2D eigenvalue weighted by Gasteiger charge is -2.29. The first kappa shape index (κ1) is 33.2. The van der Waals surface area contributed by atoms with Gasteiger partial charge in [-0.25, -0.2) is 0 Å². The molecule has 0 aliphatic heterocycles. The number of amides is 1. The summed E-state index contributed by atoms with van der Waals surface area (Å²) in [5.74, 6) is 6.17. The molecular weight excluding hydrogens is 528 g/mol. The Morgan fingerprint density at radius 2 is 2.03 bits per heavy atom. The molecule has 0 N–H and O–H groups in total. The van der Waals surface area contributed by atoms with E-state index < -0.39 is 5.66 Å². The van der Waals surface area contributed by atoms with Crippen LogP contribution in [0.3, 0.4) is 0 Å². The van der Waals surface area contributed by atoms with Gasteiger partial charge in [0.2, 0.25) is 0 Å². The van der Waals surface area contributed by atoms with Crippen molar-refractivity contribution < 1.29 is 23.0 Å². The van der Waals surface area contributed by atoms with Gasteiger partial charge in [0.1, 0.15) is 12.4 Å². The maximum absolute atomic E-state index is 13.6. The molecule has 0 aliphatic rings. The van der Waals surface area contributed by atoms with Crippen molar-refractivity contribution in [3.8, 4) is 17.6 Å². The number of halogens is 2. The fourth-order valence-electron chi connectivity index (χ4n) is 3.30. The van der Waals surface area contributed by atoms with Crippen LogP contribution in [0.1, 0.15) is 44.0 Å². The van der Waals surface area contributed by atoms with E-state index in [0.717, 1.165) is 12.6 Å². The Bertz CT molecular complexity index is 1110. The van der Waals surface area contributed by atoms with E-state index in [1.54, 1.807) is 42.3 Å². The van der Waals surface area contributed by atoms with Crippen LogP contribution in [0.2, 0.25) is 0 Å². The van der Waals surface area contributed by atoms with E-state index in [2.05, 4.69) is 31.2 Å². The summed E-state index contributed by atoms with van der Waals surface area (Å²) in [4.78, 5) is 18.9. The van der Waals surface area contributed by atoms with Crippen LogP contribution in [0.4, 0.5) is 14.5 Å². The van der Waals surface area contributed by atoms with Gasteiger partial charge in [-0.15, -0.1) is 9.24 Å². The zero-order valence-electron chi connectivity index (χ0n) is 22.9. The molecule has 7 nitrogen and oxygen atoms in total. The Kier molecular flexibility index (Phi) is 14.8. The number of rotatable bonds is 13. The molecule has 0 saturated heterocycles. The van der Waals surface area contributed by atoms with Crippen molar-refractivity contribution in [3.05, 3.63) is 47.0 Å². The van der Waals surface area contributed by atoms with Crippen molar-refractivity contribution in [3.63, 3.8) is 0 Å². The molecule has 1 amide bonds. The first-order valence-corrected chi connectivity index (χ1v) is 13.2. The molecule has 0 spiro atoms. The van der Waals surface area contributed by atoms with Crippen LogP contribution in [0, 0.1) is 11.8 Å². The number of hydrogen-bond donors (Lipinski definition) is 0. The van der Waals surface area contributed by atoms with Gasteiger partial charge in [-0.05, 0) is 37.7 Å². The average Bonchev–Trinajstić information content (AvgIpc) is 2.88. The summed E-state index contributed by atoms with van der Waals surface area (Å²) in [5, 5.41) is 6.58. The van der Waals surface area contributed by atoms with E-state index in [9.17, 15) is 13.6 Å². The zero-order valence-corrected chi connectivity index (χ0v) is 25.2. The third-order valence-electron chi connectivity index (χ3n) is 5.27. The molecule has 38 heavy (non-hydrogen) atoms. The first-order valence-electron chi connectivity index (χ1n) is 12.1. The standard InChI is InChI=1S/C27H38F2N4O3P2/c1-7-9-10-15-31-32(5)25-16-22(35-6)12-14-24(25)26(34)33(8-2)20(3)18-36-19-23(37)13-11-21(17-30-4)27(28,29)38/h11-12,14-17,19-20H,7-8,13,18,37-38H2,1-6H3/b21-11+,23-19-,30-17?,31-15-/t20-/m0/s1. The fraction of sp³-hybridized carbons (Fsp3) is 0.444. The predicted octanol–water partition coefficient (Wildman–Crippen LogP) is 5.60. The van der Waals surface area contributed by atoms with Crippen molar-refractivity contribution in [1.82, 2.24) is 4.90 Å². The van der Waals surface area contributed by atoms with Gasteiger partial charge in [0.05, 0.1) is 36.9 Å². The molecule has 0 aliphatic carbocycles. The number of allylic oxidation sites excluding steroid dienone is 3. The summed E-state index contributed by atoms with van der Waals surface area (Å²) in [6.07, 6.45) is 6.48. The number of anilines is 1. The zero-order chi connectivity index (χ0) is 28.7. The monoisotopic (exact) mass is 566 g/mol. The molecule has 2 unspecified atom stereocenters. The molecule has 0 saturated carbocycles. The van der Waals surface area contributed by atoms with Crippen LogP contribution < -0.4 is 9.75 Å². The average molecular weight is 567 g/mol. The highest BCUT2D eigenvalue weighted by molar-refractivity contribution is 7.22. The number of methoxy groups -OCH3 is 1. The molecule has 11 heteroatoms. The van der Waals surface area contributed by atoms with Crippen molar-refractivity contribution >= 4 is 42.5 Å². The third kappa shape index (κ3) is 10.9. The lowest BCUT2D eigenvalue weighted by Crippen LogP contribution is -2.41. The van der Waals surface area contributed by atoms with E-state index in [0.29, 0.717) is 28.9 Å².